The molecule has 28 heavy (non-hydrogen) atoms. The molecule has 2 aromatic rings. The molecule has 1 fully saturated rings. The number of hydrogen-bond acceptors (Lipinski definition) is 3. The maximum atomic E-state index is 14.2. The van der Waals surface area contributed by atoms with Crippen molar-refractivity contribution >= 4 is 15.9 Å². The molecule has 5 nitrogen and oxygen atoms in total. The number of amides is 1. The molecule has 0 bridgehead atoms. The van der Waals surface area contributed by atoms with Crippen molar-refractivity contribution in [2.24, 2.45) is 5.92 Å². The van der Waals surface area contributed by atoms with Crippen molar-refractivity contribution in [3.63, 3.8) is 0 Å². The second kappa shape index (κ2) is 8.84. The summed E-state index contributed by atoms with van der Waals surface area (Å²) in [6.07, 6.45) is 2.40. The van der Waals surface area contributed by atoms with Crippen LogP contribution in [0.25, 0.3) is 0 Å². The van der Waals surface area contributed by atoms with Crippen LogP contribution in [0.4, 0.5) is 4.39 Å². The fraction of sp³-hybridized carbons (Fsp3) is 0.381. The van der Waals surface area contributed by atoms with Gasteiger partial charge in [0.2, 0.25) is 10.0 Å². The molecule has 0 unspecified atom stereocenters. The first-order chi connectivity index (χ1) is 13.4. The molecular weight excluding hydrogens is 379 g/mol. The Morgan fingerprint density at radius 3 is 2.68 bits per heavy atom. The monoisotopic (exact) mass is 404 g/mol. The third-order valence-corrected chi connectivity index (χ3v) is 6.84. The molecule has 1 aliphatic heterocycles. The Morgan fingerprint density at radius 2 is 1.96 bits per heavy atom. The first-order valence-corrected chi connectivity index (χ1v) is 10.9. The van der Waals surface area contributed by atoms with Gasteiger partial charge in [0, 0.05) is 19.6 Å². The van der Waals surface area contributed by atoms with E-state index in [1.807, 2.05) is 37.3 Å². The SMILES string of the molecule is C[C@@H]1CCCN(S(=O)(=O)c2ccc(F)c(C(=O)NCCc3ccccc3)c2)C1. The Balaban J connectivity index is 1.72. The Bertz CT molecular complexity index is 932. The van der Waals surface area contributed by atoms with Crippen molar-refractivity contribution in [1.82, 2.24) is 9.62 Å². The van der Waals surface area contributed by atoms with Gasteiger partial charge in [-0.05, 0) is 48.9 Å². The number of rotatable bonds is 6. The molecule has 1 aliphatic rings. The van der Waals surface area contributed by atoms with E-state index in [-0.39, 0.29) is 16.4 Å². The molecule has 1 amide bonds. The van der Waals surface area contributed by atoms with Crippen LogP contribution in [0.15, 0.2) is 53.4 Å². The number of carbonyl (C=O) groups is 1. The maximum absolute atomic E-state index is 14.2. The highest BCUT2D eigenvalue weighted by Crippen LogP contribution is 2.24. The molecule has 1 saturated heterocycles. The van der Waals surface area contributed by atoms with E-state index < -0.39 is 21.7 Å². The molecule has 0 spiro atoms. The summed E-state index contributed by atoms with van der Waals surface area (Å²) in [7, 11) is -3.74. The largest absolute Gasteiger partial charge is 0.352 e. The average molecular weight is 405 g/mol. The Morgan fingerprint density at radius 1 is 1.21 bits per heavy atom. The van der Waals surface area contributed by atoms with Gasteiger partial charge < -0.3 is 5.32 Å². The predicted molar refractivity (Wildman–Crippen MR) is 106 cm³/mol. The molecule has 0 saturated carbocycles. The van der Waals surface area contributed by atoms with Crippen molar-refractivity contribution in [1.29, 1.82) is 0 Å². The first kappa shape index (κ1) is 20.5. The number of nitrogens with zero attached hydrogens (tertiary/aromatic N) is 1. The van der Waals surface area contributed by atoms with E-state index in [0.29, 0.717) is 26.1 Å². The Hall–Kier alpha value is -2.25. The topological polar surface area (TPSA) is 66.5 Å². The summed E-state index contributed by atoms with van der Waals surface area (Å²) >= 11 is 0. The van der Waals surface area contributed by atoms with E-state index in [0.717, 1.165) is 30.5 Å². The minimum Gasteiger partial charge on any atom is -0.352 e. The molecule has 1 N–H and O–H groups in total. The zero-order chi connectivity index (χ0) is 20.1. The van der Waals surface area contributed by atoms with Crippen LogP contribution in [-0.2, 0) is 16.4 Å². The molecule has 0 radical (unpaired) electrons. The fourth-order valence-corrected chi connectivity index (χ4v) is 5.04. The number of halogens is 1. The van der Waals surface area contributed by atoms with Crippen LogP contribution >= 0.6 is 0 Å². The van der Waals surface area contributed by atoms with E-state index >= 15 is 0 Å². The fourth-order valence-electron chi connectivity index (χ4n) is 3.41. The van der Waals surface area contributed by atoms with Crippen LogP contribution in [0.5, 0.6) is 0 Å². The van der Waals surface area contributed by atoms with Crippen LogP contribution < -0.4 is 5.32 Å². The molecule has 0 aromatic heterocycles. The quantitative estimate of drug-likeness (QED) is 0.804. The molecule has 7 heteroatoms. The lowest BCUT2D eigenvalue weighted by Gasteiger charge is -2.30. The summed E-state index contributed by atoms with van der Waals surface area (Å²) in [4.78, 5) is 12.4. The molecule has 1 atom stereocenters. The number of nitrogens with one attached hydrogen (secondary N) is 1. The molecular formula is C21H25FN2O3S. The van der Waals surface area contributed by atoms with Crippen molar-refractivity contribution in [3.05, 3.63) is 65.5 Å². The van der Waals surface area contributed by atoms with E-state index in [1.54, 1.807) is 0 Å². The lowest BCUT2D eigenvalue weighted by molar-refractivity contribution is 0.0950. The van der Waals surface area contributed by atoms with Gasteiger partial charge in [0.25, 0.3) is 5.91 Å². The smallest absolute Gasteiger partial charge is 0.254 e. The zero-order valence-electron chi connectivity index (χ0n) is 15.9. The van der Waals surface area contributed by atoms with Gasteiger partial charge in [-0.15, -0.1) is 0 Å². The summed E-state index contributed by atoms with van der Waals surface area (Å²) in [6, 6.07) is 13.0. The molecule has 2 aromatic carbocycles. The Kier molecular flexibility index (Phi) is 6.46. The van der Waals surface area contributed by atoms with Gasteiger partial charge in [-0.2, -0.15) is 4.31 Å². The third kappa shape index (κ3) is 4.77. The van der Waals surface area contributed by atoms with Crippen molar-refractivity contribution < 1.29 is 17.6 Å². The highest BCUT2D eigenvalue weighted by Gasteiger charge is 2.29. The van der Waals surface area contributed by atoms with E-state index in [9.17, 15) is 17.6 Å². The third-order valence-electron chi connectivity index (χ3n) is 4.98. The molecule has 0 aliphatic carbocycles. The van der Waals surface area contributed by atoms with E-state index in [1.165, 1.54) is 10.4 Å². The predicted octanol–water partition coefficient (Wildman–Crippen LogP) is 3.22. The molecule has 3 rings (SSSR count). The number of hydrogen-bond donors (Lipinski definition) is 1. The van der Waals surface area contributed by atoms with Crippen molar-refractivity contribution in [3.8, 4) is 0 Å². The number of piperidine rings is 1. The highest BCUT2D eigenvalue weighted by atomic mass is 32.2. The summed E-state index contributed by atoms with van der Waals surface area (Å²) in [5, 5.41) is 2.67. The van der Waals surface area contributed by atoms with Gasteiger partial charge in [0.15, 0.2) is 0 Å². The summed E-state index contributed by atoms with van der Waals surface area (Å²) in [6.45, 7) is 3.24. The van der Waals surface area contributed by atoms with Crippen molar-refractivity contribution in [2.75, 3.05) is 19.6 Å². The first-order valence-electron chi connectivity index (χ1n) is 9.50. The summed E-state index contributed by atoms with van der Waals surface area (Å²) in [5.41, 5.74) is 0.804. The summed E-state index contributed by atoms with van der Waals surface area (Å²) < 4.78 is 41.4. The lowest BCUT2D eigenvalue weighted by atomic mass is 10.0. The number of sulfonamides is 1. The van der Waals surface area contributed by atoms with Gasteiger partial charge in [-0.3, -0.25) is 4.79 Å². The maximum Gasteiger partial charge on any atom is 0.254 e. The average Bonchev–Trinajstić information content (AvgIpc) is 2.69. The second-order valence-corrected chi connectivity index (χ2v) is 9.18. The highest BCUT2D eigenvalue weighted by molar-refractivity contribution is 7.89. The Labute approximate surface area is 165 Å². The standard InChI is InChI=1S/C21H25FN2O3S/c1-16-6-5-13-24(15-16)28(26,27)18-9-10-20(22)19(14-18)21(25)23-12-11-17-7-3-2-4-8-17/h2-4,7-10,14,16H,5-6,11-13,15H2,1H3,(H,23,25)/t16-/m1/s1. The van der Waals surface area contributed by atoms with Gasteiger partial charge >= 0.3 is 0 Å². The normalized spacial score (nSPS) is 18.0. The van der Waals surface area contributed by atoms with Crippen LogP contribution in [0, 0.1) is 11.7 Å². The zero-order valence-corrected chi connectivity index (χ0v) is 16.7. The van der Waals surface area contributed by atoms with E-state index in [4.69, 9.17) is 0 Å². The lowest BCUT2D eigenvalue weighted by Crippen LogP contribution is -2.39. The minimum atomic E-state index is -3.74. The number of carbonyl (C=O) groups excluding carboxylic acids is 1. The van der Waals surface area contributed by atoms with Crippen LogP contribution in [0.1, 0.15) is 35.7 Å². The van der Waals surface area contributed by atoms with Gasteiger partial charge in [-0.1, -0.05) is 37.3 Å². The minimum absolute atomic E-state index is 0.0452. The summed E-state index contributed by atoms with van der Waals surface area (Å²) in [5.74, 6) is -1.06. The molecule has 1 heterocycles. The van der Waals surface area contributed by atoms with Crippen LogP contribution in [0.2, 0.25) is 0 Å². The van der Waals surface area contributed by atoms with E-state index in [2.05, 4.69) is 5.32 Å². The number of benzene rings is 2. The molecule has 150 valence electrons. The van der Waals surface area contributed by atoms with Gasteiger partial charge in [0.1, 0.15) is 5.82 Å². The van der Waals surface area contributed by atoms with Gasteiger partial charge in [-0.25, -0.2) is 12.8 Å². The van der Waals surface area contributed by atoms with Gasteiger partial charge in [0.05, 0.1) is 10.5 Å². The van der Waals surface area contributed by atoms with Crippen LogP contribution in [0.3, 0.4) is 0 Å². The van der Waals surface area contributed by atoms with Crippen molar-refractivity contribution in [2.45, 2.75) is 31.1 Å². The second-order valence-electron chi connectivity index (χ2n) is 7.24. The van der Waals surface area contributed by atoms with Crippen LogP contribution in [-0.4, -0.2) is 38.3 Å².